The molecule has 1 unspecified atom stereocenters. The number of ether oxygens (including phenoxy) is 2. The monoisotopic (exact) mass is 116 g/mol. The van der Waals surface area contributed by atoms with Gasteiger partial charge in [0.25, 0.3) is 0 Å². The van der Waals surface area contributed by atoms with Gasteiger partial charge in [-0.3, -0.25) is 0 Å². The lowest BCUT2D eigenvalue weighted by atomic mass is 10.5. The standard InChI is InChI=1S/C5H8O3/c1-7-4-2-5(6)8-3-4/h2,5-6H,3H2,1H3. The van der Waals surface area contributed by atoms with Gasteiger partial charge in [0.05, 0.1) is 7.11 Å². The second-order valence-corrected chi connectivity index (χ2v) is 1.54. The Balaban J connectivity index is 2.44. The van der Waals surface area contributed by atoms with Crippen LogP contribution in [0.3, 0.4) is 0 Å². The molecule has 8 heavy (non-hydrogen) atoms. The molecule has 1 heterocycles. The third-order valence-corrected chi connectivity index (χ3v) is 0.987. The van der Waals surface area contributed by atoms with E-state index in [0.29, 0.717) is 12.4 Å². The first-order valence-corrected chi connectivity index (χ1v) is 2.37. The van der Waals surface area contributed by atoms with Crippen LogP contribution in [0.15, 0.2) is 11.8 Å². The van der Waals surface area contributed by atoms with Gasteiger partial charge >= 0.3 is 0 Å². The summed E-state index contributed by atoms with van der Waals surface area (Å²) < 4.78 is 9.45. The Labute approximate surface area is 47.5 Å². The molecular formula is C5H8O3. The maximum Gasteiger partial charge on any atom is 0.178 e. The fraction of sp³-hybridized carbons (Fsp3) is 0.600. The maximum atomic E-state index is 8.65. The highest BCUT2D eigenvalue weighted by Gasteiger charge is 2.11. The zero-order valence-electron chi connectivity index (χ0n) is 4.63. The Bertz CT molecular complexity index is 108. The van der Waals surface area contributed by atoms with E-state index in [1.54, 1.807) is 7.11 Å². The van der Waals surface area contributed by atoms with Crippen LogP contribution in [-0.2, 0) is 9.47 Å². The highest BCUT2D eigenvalue weighted by atomic mass is 16.6. The van der Waals surface area contributed by atoms with E-state index in [0.717, 1.165) is 0 Å². The van der Waals surface area contributed by atoms with Crippen molar-refractivity contribution in [1.82, 2.24) is 0 Å². The van der Waals surface area contributed by atoms with Gasteiger partial charge in [-0.15, -0.1) is 0 Å². The minimum Gasteiger partial charge on any atom is -0.499 e. The molecule has 3 heteroatoms. The molecule has 0 amide bonds. The summed E-state index contributed by atoms with van der Waals surface area (Å²) in [4.78, 5) is 0. The second-order valence-electron chi connectivity index (χ2n) is 1.54. The van der Waals surface area contributed by atoms with Crippen LogP contribution in [0.4, 0.5) is 0 Å². The number of hydrogen-bond donors (Lipinski definition) is 1. The van der Waals surface area contributed by atoms with Crippen molar-refractivity contribution in [2.24, 2.45) is 0 Å². The molecule has 1 atom stereocenters. The second kappa shape index (κ2) is 2.15. The molecule has 0 saturated heterocycles. The summed E-state index contributed by atoms with van der Waals surface area (Å²) in [5, 5.41) is 8.65. The molecule has 0 bridgehead atoms. The summed E-state index contributed by atoms with van der Waals surface area (Å²) in [7, 11) is 1.55. The van der Waals surface area contributed by atoms with Gasteiger partial charge in [0.2, 0.25) is 0 Å². The number of methoxy groups -OCH3 is 1. The van der Waals surface area contributed by atoms with Gasteiger partial charge < -0.3 is 14.6 Å². The zero-order valence-corrected chi connectivity index (χ0v) is 4.63. The third kappa shape index (κ3) is 0.993. The molecule has 3 nitrogen and oxygen atoms in total. The van der Waals surface area contributed by atoms with Crippen molar-refractivity contribution in [3.63, 3.8) is 0 Å². The molecule has 0 saturated carbocycles. The molecule has 0 fully saturated rings. The summed E-state index contributed by atoms with van der Waals surface area (Å²) in [6.45, 7) is 0.387. The van der Waals surface area contributed by atoms with Crippen LogP contribution in [0.1, 0.15) is 0 Å². The molecule has 0 aliphatic carbocycles. The van der Waals surface area contributed by atoms with Crippen molar-refractivity contribution < 1.29 is 14.6 Å². The molecule has 0 spiro atoms. The molecule has 0 radical (unpaired) electrons. The minimum atomic E-state index is -0.759. The summed E-state index contributed by atoms with van der Waals surface area (Å²) in [6, 6.07) is 0. The van der Waals surface area contributed by atoms with Crippen molar-refractivity contribution >= 4 is 0 Å². The smallest absolute Gasteiger partial charge is 0.178 e. The van der Waals surface area contributed by atoms with E-state index in [9.17, 15) is 0 Å². The summed E-state index contributed by atoms with van der Waals surface area (Å²) in [5.74, 6) is 0.692. The molecule has 46 valence electrons. The molecular weight excluding hydrogens is 108 g/mol. The average Bonchev–Trinajstić information content (AvgIpc) is 2.14. The van der Waals surface area contributed by atoms with Gasteiger partial charge in [-0.05, 0) is 0 Å². The van der Waals surface area contributed by atoms with Crippen LogP contribution in [0.25, 0.3) is 0 Å². The van der Waals surface area contributed by atoms with Crippen molar-refractivity contribution in [1.29, 1.82) is 0 Å². The maximum absolute atomic E-state index is 8.65. The lowest BCUT2D eigenvalue weighted by Crippen LogP contribution is -2.00. The molecule has 0 aromatic carbocycles. The predicted octanol–water partition coefficient (Wildman–Crippen LogP) is -0.135. The molecule has 0 aromatic heterocycles. The van der Waals surface area contributed by atoms with Gasteiger partial charge in [-0.2, -0.15) is 0 Å². The number of aliphatic hydroxyl groups is 1. The van der Waals surface area contributed by atoms with Crippen molar-refractivity contribution in [2.45, 2.75) is 6.29 Å². The Hall–Kier alpha value is -0.540. The van der Waals surface area contributed by atoms with Gasteiger partial charge in [0.15, 0.2) is 6.29 Å². The van der Waals surface area contributed by atoms with E-state index < -0.39 is 6.29 Å². The largest absolute Gasteiger partial charge is 0.499 e. The first-order valence-electron chi connectivity index (χ1n) is 2.37. The van der Waals surface area contributed by atoms with E-state index in [1.807, 2.05) is 0 Å². The molecule has 1 N–H and O–H groups in total. The van der Waals surface area contributed by atoms with Crippen LogP contribution in [0.5, 0.6) is 0 Å². The summed E-state index contributed by atoms with van der Waals surface area (Å²) in [6.07, 6.45) is 0.768. The molecule has 1 rings (SSSR count). The first kappa shape index (κ1) is 5.59. The van der Waals surface area contributed by atoms with Crippen molar-refractivity contribution in [3.05, 3.63) is 11.8 Å². The molecule has 0 aromatic rings. The Morgan fingerprint density at radius 2 is 2.75 bits per heavy atom. The van der Waals surface area contributed by atoms with Crippen LogP contribution in [-0.4, -0.2) is 25.1 Å². The van der Waals surface area contributed by atoms with Crippen LogP contribution in [0, 0.1) is 0 Å². The van der Waals surface area contributed by atoms with E-state index in [-0.39, 0.29) is 0 Å². The number of aliphatic hydroxyl groups excluding tert-OH is 1. The fourth-order valence-electron chi connectivity index (χ4n) is 0.550. The van der Waals surface area contributed by atoms with Gasteiger partial charge in [0.1, 0.15) is 12.4 Å². The van der Waals surface area contributed by atoms with Gasteiger partial charge in [-0.25, -0.2) is 0 Å². The van der Waals surface area contributed by atoms with Crippen LogP contribution >= 0.6 is 0 Å². The van der Waals surface area contributed by atoms with Crippen molar-refractivity contribution in [2.75, 3.05) is 13.7 Å². The fourth-order valence-corrected chi connectivity index (χ4v) is 0.550. The lowest BCUT2D eigenvalue weighted by molar-refractivity contribution is -0.0428. The Kier molecular flexibility index (Phi) is 1.50. The number of rotatable bonds is 1. The normalized spacial score (nSPS) is 27.8. The molecule has 1 aliphatic heterocycles. The zero-order chi connectivity index (χ0) is 5.98. The molecule has 1 aliphatic rings. The Morgan fingerprint density at radius 3 is 3.00 bits per heavy atom. The summed E-state index contributed by atoms with van der Waals surface area (Å²) in [5.41, 5.74) is 0. The van der Waals surface area contributed by atoms with E-state index >= 15 is 0 Å². The third-order valence-electron chi connectivity index (χ3n) is 0.987. The number of hydrogen-bond acceptors (Lipinski definition) is 3. The topological polar surface area (TPSA) is 38.7 Å². The van der Waals surface area contributed by atoms with E-state index in [2.05, 4.69) is 0 Å². The predicted molar refractivity (Wildman–Crippen MR) is 27.1 cm³/mol. The van der Waals surface area contributed by atoms with Crippen molar-refractivity contribution in [3.8, 4) is 0 Å². The minimum absolute atomic E-state index is 0.387. The van der Waals surface area contributed by atoms with Crippen LogP contribution in [0.2, 0.25) is 0 Å². The van der Waals surface area contributed by atoms with Gasteiger partial charge in [-0.1, -0.05) is 0 Å². The SMILES string of the molecule is COC1=CC(O)OC1. The lowest BCUT2D eigenvalue weighted by Gasteiger charge is -1.95. The van der Waals surface area contributed by atoms with E-state index in [4.69, 9.17) is 14.6 Å². The van der Waals surface area contributed by atoms with Gasteiger partial charge in [0, 0.05) is 6.08 Å². The highest BCUT2D eigenvalue weighted by Crippen LogP contribution is 2.08. The average molecular weight is 116 g/mol. The van der Waals surface area contributed by atoms with E-state index in [1.165, 1.54) is 6.08 Å². The summed E-state index contributed by atoms with van der Waals surface area (Å²) >= 11 is 0. The quantitative estimate of drug-likeness (QED) is 0.518. The highest BCUT2D eigenvalue weighted by molar-refractivity contribution is 5.00. The van der Waals surface area contributed by atoms with Crippen LogP contribution < -0.4 is 0 Å². The Morgan fingerprint density at radius 1 is 2.00 bits per heavy atom. The first-order chi connectivity index (χ1) is 3.83.